The first-order chi connectivity index (χ1) is 14.2. The van der Waals surface area contributed by atoms with Crippen molar-refractivity contribution in [1.82, 2.24) is 0 Å². The number of amides is 1. The predicted molar refractivity (Wildman–Crippen MR) is 138 cm³/mol. The number of hydrogen-bond acceptors (Lipinski definition) is 4. The van der Waals surface area contributed by atoms with Crippen molar-refractivity contribution in [3.63, 3.8) is 0 Å². The Morgan fingerprint density at radius 3 is 2.00 bits per heavy atom. The number of carbonyl (C=O) groups excluding carboxylic acids is 1. The molecule has 0 aliphatic carbocycles. The van der Waals surface area contributed by atoms with E-state index in [-0.39, 0.29) is 16.7 Å². The minimum atomic E-state index is -0.257. The van der Waals surface area contributed by atoms with E-state index >= 15 is 0 Å². The van der Waals surface area contributed by atoms with Gasteiger partial charge in [-0.05, 0) is 52.8 Å². The van der Waals surface area contributed by atoms with E-state index in [9.17, 15) is 9.90 Å². The van der Waals surface area contributed by atoms with E-state index in [1.165, 1.54) is 16.7 Å². The molecule has 0 radical (unpaired) electrons. The zero-order chi connectivity index (χ0) is 23.3. The second kappa shape index (κ2) is 8.43. The van der Waals surface area contributed by atoms with Crippen molar-refractivity contribution < 1.29 is 9.90 Å². The van der Waals surface area contributed by atoms with E-state index in [2.05, 4.69) is 41.5 Å². The van der Waals surface area contributed by atoms with Crippen LogP contribution in [0.2, 0.25) is 10.0 Å². The average Bonchev–Trinajstić information content (AvgIpc) is 2.90. The molecule has 1 fully saturated rings. The van der Waals surface area contributed by atoms with Crippen LogP contribution in [0.3, 0.4) is 0 Å². The maximum Gasteiger partial charge on any atom is 0.270 e. The Morgan fingerprint density at radius 1 is 0.968 bits per heavy atom. The smallest absolute Gasteiger partial charge is 0.270 e. The quantitative estimate of drug-likeness (QED) is 0.343. The van der Waals surface area contributed by atoms with Crippen LogP contribution in [0.25, 0.3) is 6.08 Å². The van der Waals surface area contributed by atoms with Crippen molar-refractivity contribution in [2.45, 2.75) is 52.4 Å². The fourth-order valence-corrected chi connectivity index (χ4v) is 4.94. The molecule has 3 nitrogen and oxygen atoms in total. The first-order valence-electron chi connectivity index (χ1n) is 9.81. The van der Waals surface area contributed by atoms with E-state index in [1.54, 1.807) is 18.2 Å². The van der Waals surface area contributed by atoms with Gasteiger partial charge in [0.25, 0.3) is 5.91 Å². The first kappa shape index (κ1) is 24.1. The molecule has 0 bridgehead atoms. The Labute approximate surface area is 203 Å². The van der Waals surface area contributed by atoms with Gasteiger partial charge in [0.05, 0.1) is 20.6 Å². The molecule has 0 saturated carbocycles. The van der Waals surface area contributed by atoms with Crippen LogP contribution in [0.1, 0.15) is 58.2 Å². The Bertz CT molecular complexity index is 1080. The number of carbonyl (C=O) groups is 1. The van der Waals surface area contributed by atoms with Gasteiger partial charge >= 0.3 is 0 Å². The van der Waals surface area contributed by atoms with Gasteiger partial charge in [0.2, 0.25) is 0 Å². The molecule has 1 aliphatic heterocycles. The number of rotatable bonds is 2. The molecular weight excluding hydrogens is 469 g/mol. The highest BCUT2D eigenvalue weighted by molar-refractivity contribution is 8.27. The molecule has 1 aliphatic rings. The predicted octanol–water partition coefficient (Wildman–Crippen LogP) is 7.70. The number of benzene rings is 2. The molecule has 1 amide bonds. The van der Waals surface area contributed by atoms with Crippen molar-refractivity contribution in [3.05, 3.63) is 62.0 Å². The molecule has 1 saturated heterocycles. The maximum atomic E-state index is 13.2. The number of anilines is 1. The lowest BCUT2D eigenvalue weighted by atomic mass is 9.78. The highest BCUT2D eigenvalue weighted by Gasteiger charge is 2.34. The van der Waals surface area contributed by atoms with Gasteiger partial charge < -0.3 is 5.11 Å². The van der Waals surface area contributed by atoms with Gasteiger partial charge in [-0.15, -0.1) is 0 Å². The minimum Gasteiger partial charge on any atom is -0.507 e. The molecule has 0 aromatic heterocycles. The van der Waals surface area contributed by atoms with E-state index in [0.29, 0.717) is 30.7 Å². The van der Waals surface area contributed by atoms with Crippen LogP contribution in [-0.4, -0.2) is 15.3 Å². The molecule has 164 valence electrons. The number of thiocarbonyl (C=S) groups is 1. The summed E-state index contributed by atoms with van der Waals surface area (Å²) < 4.78 is 0.431. The molecule has 7 heteroatoms. The third-order valence-electron chi connectivity index (χ3n) is 5.00. The number of aromatic hydroxyl groups is 1. The third kappa shape index (κ3) is 4.95. The summed E-state index contributed by atoms with van der Waals surface area (Å²) in [6, 6.07) is 8.88. The van der Waals surface area contributed by atoms with Gasteiger partial charge in [-0.1, -0.05) is 88.7 Å². The van der Waals surface area contributed by atoms with Crippen molar-refractivity contribution >= 4 is 69.2 Å². The normalized spacial score (nSPS) is 16.5. The first-order valence-corrected chi connectivity index (χ1v) is 11.8. The van der Waals surface area contributed by atoms with E-state index in [4.69, 9.17) is 35.4 Å². The molecule has 1 heterocycles. The largest absolute Gasteiger partial charge is 0.507 e. The number of hydrogen-bond donors (Lipinski definition) is 1. The zero-order valence-corrected chi connectivity index (χ0v) is 21.5. The molecule has 0 unspecified atom stereocenters. The Morgan fingerprint density at radius 2 is 1.52 bits per heavy atom. The summed E-state index contributed by atoms with van der Waals surface area (Å²) in [6.45, 7) is 12.3. The van der Waals surface area contributed by atoms with E-state index in [0.717, 1.165) is 16.7 Å². The second-order valence-corrected chi connectivity index (χ2v) is 12.1. The lowest BCUT2D eigenvalue weighted by Gasteiger charge is -2.28. The Balaban J connectivity index is 2.08. The van der Waals surface area contributed by atoms with Crippen LogP contribution in [0.5, 0.6) is 5.75 Å². The standard InChI is InChI=1S/C24H25Cl2NO2S2/c1-23(2,3)15-9-13(10-16(20(15)28)24(4,5)6)11-19-21(29)27(22(30)31-19)14-7-8-17(25)18(26)12-14/h7-12,28H,1-6H3/b19-11+. The van der Waals surface area contributed by atoms with Gasteiger partial charge in [-0.25, -0.2) is 0 Å². The number of halogens is 2. The van der Waals surface area contributed by atoms with E-state index in [1.807, 2.05) is 18.2 Å². The van der Waals surface area contributed by atoms with Gasteiger partial charge in [0, 0.05) is 11.1 Å². The highest BCUT2D eigenvalue weighted by Crippen LogP contribution is 2.42. The molecule has 2 aromatic rings. The summed E-state index contributed by atoms with van der Waals surface area (Å²) in [5.41, 5.74) is 2.59. The number of thioether (sulfide) groups is 1. The van der Waals surface area contributed by atoms with Crippen molar-refractivity contribution in [3.8, 4) is 5.75 Å². The summed E-state index contributed by atoms with van der Waals surface area (Å²) in [6.07, 6.45) is 1.83. The second-order valence-electron chi connectivity index (χ2n) is 9.58. The highest BCUT2D eigenvalue weighted by atomic mass is 35.5. The van der Waals surface area contributed by atoms with Crippen molar-refractivity contribution in [2.75, 3.05) is 4.90 Å². The molecule has 31 heavy (non-hydrogen) atoms. The molecular formula is C24H25Cl2NO2S2. The number of nitrogens with zero attached hydrogens (tertiary/aromatic N) is 1. The monoisotopic (exact) mass is 493 g/mol. The number of phenols is 1. The summed E-state index contributed by atoms with van der Waals surface area (Å²) in [5, 5.41) is 11.7. The minimum absolute atomic E-state index is 0.212. The van der Waals surface area contributed by atoms with Crippen LogP contribution < -0.4 is 4.90 Å². The van der Waals surface area contributed by atoms with Crippen molar-refractivity contribution in [2.24, 2.45) is 0 Å². The zero-order valence-electron chi connectivity index (χ0n) is 18.3. The van der Waals surface area contributed by atoms with Crippen LogP contribution in [0.15, 0.2) is 35.2 Å². The Hall–Kier alpha value is -1.53. The Kier molecular flexibility index (Phi) is 6.56. The lowest BCUT2D eigenvalue weighted by molar-refractivity contribution is -0.113. The molecule has 0 atom stereocenters. The molecule has 2 aromatic carbocycles. The summed E-state index contributed by atoms with van der Waals surface area (Å²) in [7, 11) is 0. The third-order valence-corrected chi connectivity index (χ3v) is 7.04. The fraction of sp³-hybridized carbons (Fsp3) is 0.333. The number of phenolic OH excluding ortho intramolecular Hbond substituents is 1. The molecule has 3 rings (SSSR count). The van der Waals surface area contributed by atoms with Crippen molar-refractivity contribution in [1.29, 1.82) is 0 Å². The molecule has 1 N–H and O–H groups in total. The van der Waals surface area contributed by atoms with Gasteiger partial charge in [0.15, 0.2) is 4.32 Å². The van der Waals surface area contributed by atoms with Crippen LogP contribution in [0, 0.1) is 0 Å². The fourth-order valence-electron chi connectivity index (χ4n) is 3.35. The van der Waals surface area contributed by atoms with Gasteiger partial charge in [-0.2, -0.15) is 0 Å². The van der Waals surface area contributed by atoms with Crippen LogP contribution in [0.4, 0.5) is 5.69 Å². The summed E-state index contributed by atoms with van der Waals surface area (Å²) in [4.78, 5) is 15.1. The van der Waals surface area contributed by atoms with Crippen LogP contribution in [-0.2, 0) is 15.6 Å². The molecule has 0 spiro atoms. The lowest BCUT2D eigenvalue weighted by Crippen LogP contribution is -2.27. The van der Waals surface area contributed by atoms with Gasteiger partial charge in [-0.3, -0.25) is 9.69 Å². The summed E-state index contributed by atoms with van der Waals surface area (Å²) >= 11 is 18.9. The summed E-state index contributed by atoms with van der Waals surface area (Å²) in [5.74, 6) is 0.0941. The SMILES string of the molecule is CC(C)(C)c1cc(/C=C2/SC(=S)N(c3ccc(Cl)c(Cl)c3)C2=O)cc(C(C)(C)C)c1O. The van der Waals surface area contributed by atoms with Gasteiger partial charge in [0.1, 0.15) is 5.75 Å². The topological polar surface area (TPSA) is 40.5 Å². The maximum absolute atomic E-state index is 13.2. The average molecular weight is 495 g/mol. The van der Waals surface area contributed by atoms with Crippen LogP contribution >= 0.6 is 47.2 Å². The van der Waals surface area contributed by atoms with E-state index < -0.39 is 0 Å².